The van der Waals surface area contributed by atoms with Crippen LogP contribution in [0.1, 0.15) is 23.2 Å². The highest BCUT2D eigenvalue weighted by Gasteiger charge is 2.10. The molecule has 0 fully saturated rings. The monoisotopic (exact) mass is 274 g/mol. The van der Waals surface area contributed by atoms with Gasteiger partial charge in [-0.2, -0.15) is 0 Å². The van der Waals surface area contributed by atoms with Crippen LogP contribution < -0.4 is 0 Å². The predicted octanol–water partition coefficient (Wildman–Crippen LogP) is 2.64. The number of carbonyl (C=O) groups excluding carboxylic acids is 1. The number of carboxylic acid groups (broad SMARTS) is 1. The molecule has 3 nitrogen and oxygen atoms in total. The minimum Gasteiger partial charge on any atom is -0.481 e. The quantitative estimate of drug-likeness (QED) is 0.859. The van der Waals surface area contributed by atoms with E-state index in [1.165, 1.54) is 12.1 Å². The van der Waals surface area contributed by atoms with Crippen molar-refractivity contribution in [1.29, 1.82) is 0 Å². The smallest absolute Gasteiger partial charge is 0.303 e. The third-order valence-corrected chi connectivity index (χ3v) is 2.45. The molecule has 1 N–H and O–H groups in total. The molecule has 0 aromatic heterocycles. The number of hydrogen-bond donors (Lipinski definition) is 1. The van der Waals surface area contributed by atoms with Crippen molar-refractivity contribution >= 4 is 27.7 Å². The summed E-state index contributed by atoms with van der Waals surface area (Å²) < 4.78 is 13.3. The highest BCUT2D eigenvalue weighted by molar-refractivity contribution is 9.10. The predicted molar refractivity (Wildman–Crippen MR) is 55.3 cm³/mol. The van der Waals surface area contributed by atoms with Gasteiger partial charge >= 0.3 is 5.97 Å². The van der Waals surface area contributed by atoms with Crippen molar-refractivity contribution in [3.63, 3.8) is 0 Å². The van der Waals surface area contributed by atoms with E-state index >= 15 is 0 Å². The molecule has 0 spiro atoms. The minimum atomic E-state index is -1.04. The maximum atomic E-state index is 13.0. The van der Waals surface area contributed by atoms with E-state index in [0.717, 1.165) is 6.07 Å². The van der Waals surface area contributed by atoms with Crippen LogP contribution in [0.2, 0.25) is 0 Å². The van der Waals surface area contributed by atoms with Gasteiger partial charge in [0.2, 0.25) is 0 Å². The third kappa shape index (κ3) is 3.43. The Bertz CT molecular complexity index is 404. The molecule has 80 valence electrons. The normalized spacial score (nSPS) is 10.0. The maximum Gasteiger partial charge on any atom is 0.303 e. The maximum absolute atomic E-state index is 13.0. The topological polar surface area (TPSA) is 54.4 Å². The molecule has 1 aromatic carbocycles. The Balaban J connectivity index is 2.74. The molecule has 15 heavy (non-hydrogen) atoms. The molecule has 0 bridgehead atoms. The number of carbonyl (C=O) groups is 2. The van der Waals surface area contributed by atoms with E-state index in [0.29, 0.717) is 0 Å². The number of halogens is 2. The number of hydrogen-bond acceptors (Lipinski definition) is 2. The van der Waals surface area contributed by atoms with Crippen LogP contribution in [0.4, 0.5) is 4.39 Å². The number of rotatable bonds is 4. The molecule has 0 atom stereocenters. The molecule has 0 heterocycles. The highest BCUT2D eigenvalue weighted by atomic mass is 79.9. The molecular weight excluding hydrogens is 267 g/mol. The van der Waals surface area contributed by atoms with E-state index in [1.54, 1.807) is 0 Å². The minimum absolute atomic E-state index is 0.115. The summed E-state index contributed by atoms with van der Waals surface area (Å²) in [6.45, 7) is 0. The second-order valence-electron chi connectivity index (χ2n) is 2.95. The lowest BCUT2D eigenvalue weighted by atomic mass is 10.1. The fourth-order valence-electron chi connectivity index (χ4n) is 1.03. The summed E-state index contributed by atoms with van der Waals surface area (Å²) in [7, 11) is 0. The number of carboxylic acids is 1. The molecule has 1 aromatic rings. The zero-order valence-corrected chi connectivity index (χ0v) is 9.25. The van der Waals surface area contributed by atoms with E-state index in [-0.39, 0.29) is 28.7 Å². The first-order chi connectivity index (χ1) is 7.00. The summed E-state index contributed by atoms with van der Waals surface area (Å²) in [4.78, 5) is 21.6. The Hall–Kier alpha value is -1.23. The van der Waals surface area contributed by atoms with Crippen LogP contribution in [0.5, 0.6) is 0 Å². The van der Waals surface area contributed by atoms with E-state index < -0.39 is 11.8 Å². The molecule has 0 saturated carbocycles. The number of Topliss-reactive ketones (excluding diaryl/α,β-unsaturated/α-hetero) is 1. The van der Waals surface area contributed by atoms with Gasteiger partial charge in [-0.15, -0.1) is 0 Å². The molecule has 0 radical (unpaired) electrons. The van der Waals surface area contributed by atoms with Gasteiger partial charge in [0.25, 0.3) is 0 Å². The average molecular weight is 275 g/mol. The summed E-state index contributed by atoms with van der Waals surface area (Å²) in [5.74, 6) is -1.94. The lowest BCUT2D eigenvalue weighted by Gasteiger charge is -2.00. The Morgan fingerprint density at radius 1 is 1.33 bits per heavy atom. The van der Waals surface area contributed by atoms with Crippen LogP contribution in [0.15, 0.2) is 22.7 Å². The first-order valence-electron chi connectivity index (χ1n) is 4.20. The van der Waals surface area contributed by atoms with Crippen molar-refractivity contribution in [2.24, 2.45) is 0 Å². The zero-order chi connectivity index (χ0) is 11.4. The second-order valence-corrected chi connectivity index (χ2v) is 3.80. The summed E-state index contributed by atoms with van der Waals surface area (Å²) in [6.07, 6.45) is -0.354. The van der Waals surface area contributed by atoms with Crippen LogP contribution in [0.25, 0.3) is 0 Å². The fraction of sp³-hybridized carbons (Fsp3) is 0.200. The van der Waals surface area contributed by atoms with Crippen molar-refractivity contribution in [2.75, 3.05) is 0 Å². The van der Waals surface area contributed by atoms with Crippen LogP contribution >= 0.6 is 15.9 Å². The van der Waals surface area contributed by atoms with Crippen LogP contribution in [-0.4, -0.2) is 16.9 Å². The standard InChI is InChI=1S/C10H8BrFO3/c11-7-2-1-6(5-8(7)12)9(13)3-4-10(14)15/h1-2,5H,3-4H2,(H,14,15). The Labute approximate surface area is 94.0 Å². The molecule has 0 aliphatic carbocycles. The first-order valence-corrected chi connectivity index (χ1v) is 5.00. The van der Waals surface area contributed by atoms with Crippen molar-refractivity contribution in [2.45, 2.75) is 12.8 Å². The van der Waals surface area contributed by atoms with Crippen molar-refractivity contribution in [3.05, 3.63) is 34.1 Å². The van der Waals surface area contributed by atoms with Crippen LogP contribution in [0, 0.1) is 5.82 Å². The lowest BCUT2D eigenvalue weighted by Crippen LogP contribution is -2.04. The van der Waals surface area contributed by atoms with Crippen LogP contribution in [-0.2, 0) is 4.79 Å². The van der Waals surface area contributed by atoms with Gasteiger partial charge in [0.05, 0.1) is 10.9 Å². The number of benzene rings is 1. The summed E-state index contributed by atoms with van der Waals surface area (Å²) in [5, 5.41) is 8.37. The lowest BCUT2D eigenvalue weighted by molar-refractivity contribution is -0.136. The summed E-state index contributed by atoms with van der Waals surface area (Å²) >= 11 is 2.96. The van der Waals surface area contributed by atoms with Crippen molar-refractivity contribution < 1.29 is 19.1 Å². The Morgan fingerprint density at radius 3 is 2.53 bits per heavy atom. The van der Waals surface area contributed by atoms with Gasteiger partial charge in [0.15, 0.2) is 5.78 Å². The SMILES string of the molecule is O=C(O)CCC(=O)c1ccc(Br)c(F)c1. The average Bonchev–Trinajstić information content (AvgIpc) is 2.18. The van der Waals surface area contributed by atoms with Gasteiger partial charge in [0, 0.05) is 12.0 Å². The van der Waals surface area contributed by atoms with Gasteiger partial charge < -0.3 is 5.11 Å². The molecule has 5 heteroatoms. The van der Waals surface area contributed by atoms with E-state index in [4.69, 9.17) is 5.11 Å². The molecule has 1 rings (SSSR count). The van der Waals surface area contributed by atoms with Gasteiger partial charge in [-0.25, -0.2) is 4.39 Å². The van der Waals surface area contributed by atoms with Crippen LogP contribution in [0.3, 0.4) is 0 Å². The molecule has 0 amide bonds. The van der Waals surface area contributed by atoms with E-state index in [9.17, 15) is 14.0 Å². The second kappa shape index (κ2) is 5.02. The van der Waals surface area contributed by atoms with Gasteiger partial charge in [-0.05, 0) is 28.1 Å². The largest absolute Gasteiger partial charge is 0.481 e. The van der Waals surface area contributed by atoms with E-state index in [2.05, 4.69) is 15.9 Å². The zero-order valence-electron chi connectivity index (χ0n) is 7.67. The molecule has 0 saturated heterocycles. The highest BCUT2D eigenvalue weighted by Crippen LogP contribution is 2.17. The fourth-order valence-corrected chi connectivity index (χ4v) is 1.28. The number of ketones is 1. The number of aliphatic carboxylic acids is 1. The van der Waals surface area contributed by atoms with E-state index in [1.807, 2.05) is 0 Å². The van der Waals surface area contributed by atoms with Gasteiger partial charge in [0.1, 0.15) is 5.82 Å². The Kier molecular flexibility index (Phi) is 3.96. The van der Waals surface area contributed by atoms with Gasteiger partial charge in [-0.1, -0.05) is 6.07 Å². The molecular formula is C10H8BrFO3. The Morgan fingerprint density at radius 2 is 2.00 bits per heavy atom. The van der Waals surface area contributed by atoms with Crippen molar-refractivity contribution in [1.82, 2.24) is 0 Å². The first kappa shape index (κ1) is 11.8. The third-order valence-electron chi connectivity index (χ3n) is 1.81. The molecule has 0 aliphatic heterocycles. The van der Waals surface area contributed by atoms with Gasteiger partial charge in [-0.3, -0.25) is 9.59 Å². The molecule has 0 aliphatic rings. The van der Waals surface area contributed by atoms with Crippen molar-refractivity contribution in [3.8, 4) is 0 Å². The summed E-state index contributed by atoms with van der Waals surface area (Å²) in [5.41, 5.74) is 0.192. The molecule has 0 unspecified atom stereocenters. The summed E-state index contributed by atoms with van der Waals surface area (Å²) in [6, 6.07) is 3.97.